The molecular formula is C19H33N5O3Si. The van der Waals surface area contributed by atoms with E-state index in [-0.39, 0.29) is 23.5 Å². The molecule has 1 saturated carbocycles. The number of anilines is 1. The Morgan fingerprint density at radius 1 is 1.32 bits per heavy atom. The van der Waals surface area contributed by atoms with Gasteiger partial charge in [-0.1, -0.05) is 26.1 Å². The summed E-state index contributed by atoms with van der Waals surface area (Å²) in [5.74, 6) is 0.602. The summed E-state index contributed by atoms with van der Waals surface area (Å²) in [7, 11) is -1.68. The highest BCUT2D eigenvalue weighted by molar-refractivity contribution is 6.83. The summed E-state index contributed by atoms with van der Waals surface area (Å²) in [5, 5.41) is 22.4. The summed E-state index contributed by atoms with van der Waals surface area (Å²) in [5.41, 5.74) is 1.11. The number of aromatic amines is 1. The van der Waals surface area contributed by atoms with Crippen LogP contribution in [0.1, 0.15) is 51.3 Å². The number of aromatic nitrogens is 2. The predicted molar refractivity (Wildman–Crippen MR) is 111 cm³/mol. The van der Waals surface area contributed by atoms with E-state index in [4.69, 9.17) is 0 Å². The van der Waals surface area contributed by atoms with Crippen molar-refractivity contribution in [3.8, 4) is 0 Å². The summed E-state index contributed by atoms with van der Waals surface area (Å²) in [6, 6.07) is -0.245. The average molecular weight is 408 g/mol. The number of hydrogen-bond acceptors (Lipinski definition) is 4. The van der Waals surface area contributed by atoms with E-state index in [9.17, 15) is 14.7 Å². The van der Waals surface area contributed by atoms with Gasteiger partial charge in [0.2, 0.25) is 5.91 Å². The summed E-state index contributed by atoms with van der Waals surface area (Å²) in [4.78, 5) is 27.5. The number of carbonyl (C=O) groups is 2. The van der Waals surface area contributed by atoms with Gasteiger partial charge in [-0.2, -0.15) is 5.10 Å². The molecule has 9 heteroatoms. The molecule has 2 heterocycles. The van der Waals surface area contributed by atoms with Crippen molar-refractivity contribution in [1.82, 2.24) is 20.4 Å². The molecule has 0 bridgehead atoms. The zero-order valence-corrected chi connectivity index (χ0v) is 18.8. The topological polar surface area (TPSA) is 110 Å². The van der Waals surface area contributed by atoms with Crippen molar-refractivity contribution >= 4 is 25.8 Å². The number of amides is 3. The molecular weight excluding hydrogens is 374 g/mol. The van der Waals surface area contributed by atoms with Crippen LogP contribution >= 0.6 is 0 Å². The maximum absolute atomic E-state index is 13.2. The van der Waals surface area contributed by atoms with Crippen molar-refractivity contribution in [2.75, 3.05) is 11.9 Å². The van der Waals surface area contributed by atoms with Gasteiger partial charge in [-0.15, -0.1) is 0 Å². The number of aliphatic hydroxyl groups is 1. The molecule has 1 aliphatic heterocycles. The zero-order chi connectivity index (χ0) is 20.9. The van der Waals surface area contributed by atoms with Gasteiger partial charge in [-0.05, 0) is 33.6 Å². The van der Waals surface area contributed by atoms with E-state index in [1.807, 2.05) is 13.8 Å². The van der Waals surface area contributed by atoms with E-state index in [0.29, 0.717) is 12.4 Å². The third-order valence-electron chi connectivity index (χ3n) is 6.57. The van der Waals surface area contributed by atoms with Gasteiger partial charge in [-0.3, -0.25) is 9.89 Å². The molecule has 8 nitrogen and oxygen atoms in total. The number of urea groups is 1. The highest BCUT2D eigenvalue weighted by atomic mass is 28.3. The Balaban J connectivity index is 1.79. The van der Waals surface area contributed by atoms with Crippen LogP contribution in [0.3, 0.4) is 0 Å². The first-order valence-electron chi connectivity index (χ1n) is 10.0. The van der Waals surface area contributed by atoms with Crippen LogP contribution < -0.4 is 10.6 Å². The molecule has 1 fully saturated rings. The molecule has 1 aliphatic carbocycles. The molecule has 1 atom stereocenters. The molecule has 0 spiro atoms. The van der Waals surface area contributed by atoms with Crippen molar-refractivity contribution in [2.24, 2.45) is 0 Å². The summed E-state index contributed by atoms with van der Waals surface area (Å²) in [6.45, 7) is 12.8. The van der Waals surface area contributed by atoms with Gasteiger partial charge in [0.1, 0.15) is 0 Å². The number of fused-ring (bicyclic) bond motifs is 1. The minimum absolute atomic E-state index is 0.0713. The highest BCUT2D eigenvalue weighted by Crippen LogP contribution is 2.56. The molecule has 2 aliphatic rings. The summed E-state index contributed by atoms with van der Waals surface area (Å²) >= 11 is 0. The zero-order valence-electron chi connectivity index (χ0n) is 17.8. The number of aliphatic hydroxyl groups excluding tert-OH is 1. The van der Waals surface area contributed by atoms with Crippen molar-refractivity contribution < 1.29 is 14.7 Å². The number of nitrogens with one attached hydrogen (secondary N) is 3. The van der Waals surface area contributed by atoms with E-state index >= 15 is 0 Å². The molecule has 0 saturated heterocycles. The first-order chi connectivity index (χ1) is 12.9. The van der Waals surface area contributed by atoms with Crippen molar-refractivity contribution in [1.29, 1.82) is 0 Å². The molecule has 1 aromatic heterocycles. The Kier molecular flexibility index (Phi) is 5.12. The fourth-order valence-corrected chi connectivity index (χ4v) is 6.95. The molecule has 3 rings (SSSR count). The summed E-state index contributed by atoms with van der Waals surface area (Å²) in [6.07, 6.45) is 2.38. The van der Waals surface area contributed by atoms with Gasteiger partial charge in [0.05, 0.1) is 32.0 Å². The van der Waals surface area contributed by atoms with Crippen LogP contribution in [-0.2, 0) is 16.9 Å². The van der Waals surface area contributed by atoms with Crippen molar-refractivity contribution in [3.05, 3.63) is 11.3 Å². The molecule has 28 heavy (non-hydrogen) atoms. The van der Waals surface area contributed by atoms with Gasteiger partial charge in [0, 0.05) is 17.1 Å². The molecule has 4 N–H and O–H groups in total. The van der Waals surface area contributed by atoms with Crippen molar-refractivity contribution in [3.63, 3.8) is 0 Å². The third kappa shape index (κ3) is 3.24. The first kappa shape index (κ1) is 20.9. The Hall–Kier alpha value is -1.87. The molecule has 0 radical (unpaired) electrons. The van der Waals surface area contributed by atoms with Gasteiger partial charge in [0.15, 0.2) is 5.82 Å². The van der Waals surface area contributed by atoms with E-state index in [1.165, 1.54) is 0 Å². The number of rotatable bonds is 5. The van der Waals surface area contributed by atoms with E-state index in [2.05, 4.69) is 40.5 Å². The second-order valence-electron chi connectivity index (χ2n) is 9.75. The monoisotopic (exact) mass is 407 g/mol. The normalized spacial score (nSPS) is 20.9. The van der Waals surface area contributed by atoms with Crippen LogP contribution in [0.5, 0.6) is 0 Å². The summed E-state index contributed by atoms with van der Waals surface area (Å²) < 4.78 is 0. The largest absolute Gasteiger partial charge is 0.392 e. The van der Waals surface area contributed by atoms with Crippen LogP contribution in [0, 0.1) is 0 Å². The van der Waals surface area contributed by atoms with Crippen LogP contribution in [0.4, 0.5) is 10.6 Å². The second-order valence-corrected chi connectivity index (χ2v) is 15.2. The molecule has 3 amide bonds. The lowest BCUT2D eigenvalue weighted by molar-refractivity contribution is -0.121. The van der Waals surface area contributed by atoms with Crippen LogP contribution in [0.15, 0.2) is 0 Å². The minimum atomic E-state index is -1.68. The fraction of sp³-hybridized carbons (Fsp3) is 0.737. The maximum Gasteiger partial charge on any atom is 0.318 e. The minimum Gasteiger partial charge on any atom is -0.392 e. The lowest BCUT2D eigenvalue weighted by Gasteiger charge is -2.48. The van der Waals surface area contributed by atoms with Crippen molar-refractivity contribution in [2.45, 2.75) is 82.9 Å². The molecule has 0 aromatic carbocycles. The van der Waals surface area contributed by atoms with E-state index in [1.54, 1.807) is 11.8 Å². The standard InChI is InChI=1S/C19H33N5O3Si/c1-12(25)10-20-17(27)24-11-13-14(18(24,2)3)22-23-15(13)21-16(26)19(8-7-9-19)28(4,5)6/h12,25H,7-11H2,1-6H3,(H,20,27)(H2,21,22,23,26). The van der Waals surface area contributed by atoms with Crippen LogP contribution in [-0.4, -0.2) is 52.9 Å². The second kappa shape index (κ2) is 6.87. The maximum atomic E-state index is 13.2. The highest BCUT2D eigenvalue weighted by Gasteiger charge is 2.54. The Morgan fingerprint density at radius 2 is 1.96 bits per heavy atom. The SMILES string of the molecule is CC(O)CNC(=O)N1Cc2c(NC(=O)C3([Si](C)(C)C)CCC3)n[nH]c2C1(C)C. The Bertz CT molecular complexity index is 777. The van der Waals surface area contributed by atoms with E-state index < -0.39 is 19.7 Å². The molecule has 1 aromatic rings. The fourth-order valence-electron chi connectivity index (χ4n) is 4.35. The number of hydrogen-bond donors (Lipinski definition) is 4. The van der Waals surface area contributed by atoms with Crippen LogP contribution in [0.25, 0.3) is 0 Å². The lowest BCUT2D eigenvalue weighted by atomic mass is 9.83. The number of carbonyl (C=O) groups excluding carboxylic acids is 2. The Labute approximate surface area is 167 Å². The molecule has 1 unspecified atom stereocenters. The first-order valence-corrected chi connectivity index (χ1v) is 13.5. The van der Waals surface area contributed by atoms with E-state index in [0.717, 1.165) is 30.5 Å². The Morgan fingerprint density at radius 3 is 2.46 bits per heavy atom. The third-order valence-corrected chi connectivity index (χ3v) is 10.2. The molecule has 156 valence electrons. The lowest BCUT2D eigenvalue weighted by Crippen LogP contribution is -2.52. The van der Waals surface area contributed by atoms with Gasteiger partial charge >= 0.3 is 6.03 Å². The average Bonchev–Trinajstić information content (AvgIpc) is 3.01. The number of H-pyrrole nitrogens is 1. The van der Waals surface area contributed by atoms with Crippen LogP contribution in [0.2, 0.25) is 24.7 Å². The number of nitrogens with zero attached hydrogens (tertiary/aromatic N) is 2. The van der Waals surface area contributed by atoms with Gasteiger partial charge in [-0.25, -0.2) is 4.79 Å². The quantitative estimate of drug-likeness (QED) is 0.563. The van der Waals surface area contributed by atoms with Gasteiger partial charge < -0.3 is 20.6 Å². The smallest absolute Gasteiger partial charge is 0.318 e. The predicted octanol–water partition coefficient (Wildman–Crippen LogP) is 2.75. The van der Waals surface area contributed by atoms with Gasteiger partial charge in [0.25, 0.3) is 0 Å².